The number of carbonyl (C=O) groups is 2. The molecule has 20 heavy (non-hydrogen) atoms. The van der Waals surface area contributed by atoms with Crippen molar-refractivity contribution in [3.05, 3.63) is 0 Å². The van der Waals surface area contributed by atoms with E-state index >= 15 is 0 Å². The van der Waals surface area contributed by atoms with E-state index in [2.05, 4.69) is 12.2 Å². The minimum absolute atomic E-state index is 0.0745. The first kappa shape index (κ1) is 17.1. The molecular weight excluding hydrogens is 276 g/mol. The summed E-state index contributed by atoms with van der Waals surface area (Å²) in [5.41, 5.74) is -1.01. The molecule has 5 nitrogen and oxygen atoms in total. The van der Waals surface area contributed by atoms with Crippen LogP contribution in [0.15, 0.2) is 0 Å². The summed E-state index contributed by atoms with van der Waals surface area (Å²) in [4.78, 5) is 25.4. The molecule has 0 aromatic rings. The molecule has 0 saturated carbocycles. The Bertz CT molecular complexity index is 351. The second-order valence-electron chi connectivity index (χ2n) is 5.28. The highest BCUT2D eigenvalue weighted by Gasteiger charge is 2.48. The first-order valence-corrected chi connectivity index (χ1v) is 8.52. The molecule has 0 radical (unpaired) electrons. The Hall–Kier alpha value is -0.910. The van der Waals surface area contributed by atoms with E-state index in [1.165, 1.54) is 4.90 Å². The first-order valence-electron chi connectivity index (χ1n) is 7.37. The standard InChI is InChI=1S/C14H26N2O3S/c1-4-14(12(17)18)8-6-9-16(14)13(19)15-11(3)7-10-20-5-2/h11H,4-10H2,1-3H3,(H,15,19)(H,17,18). The van der Waals surface area contributed by atoms with Crippen molar-refractivity contribution >= 4 is 23.8 Å². The van der Waals surface area contributed by atoms with Gasteiger partial charge in [0.15, 0.2) is 0 Å². The van der Waals surface area contributed by atoms with E-state index < -0.39 is 11.5 Å². The molecule has 1 fully saturated rings. The Balaban J connectivity index is 2.59. The summed E-state index contributed by atoms with van der Waals surface area (Å²) in [5.74, 6) is 1.20. The Morgan fingerprint density at radius 3 is 2.70 bits per heavy atom. The van der Waals surface area contributed by atoms with Crippen LogP contribution >= 0.6 is 11.8 Å². The van der Waals surface area contributed by atoms with Crippen LogP contribution < -0.4 is 5.32 Å². The fraction of sp³-hybridized carbons (Fsp3) is 0.857. The summed E-state index contributed by atoms with van der Waals surface area (Å²) in [6.07, 6.45) is 2.67. The van der Waals surface area contributed by atoms with Crippen LogP contribution in [0, 0.1) is 0 Å². The molecule has 2 unspecified atom stereocenters. The smallest absolute Gasteiger partial charge is 0.329 e. The van der Waals surface area contributed by atoms with E-state index in [0.717, 1.165) is 24.3 Å². The largest absolute Gasteiger partial charge is 0.479 e. The third-order valence-electron chi connectivity index (χ3n) is 3.99. The minimum Gasteiger partial charge on any atom is -0.479 e. The number of thioether (sulfide) groups is 1. The highest BCUT2D eigenvalue weighted by atomic mass is 32.2. The van der Waals surface area contributed by atoms with Crippen LogP contribution in [0.25, 0.3) is 0 Å². The van der Waals surface area contributed by atoms with Gasteiger partial charge in [0.25, 0.3) is 0 Å². The van der Waals surface area contributed by atoms with Crippen LogP contribution in [0.5, 0.6) is 0 Å². The van der Waals surface area contributed by atoms with Crippen molar-refractivity contribution < 1.29 is 14.7 Å². The average molecular weight is 302 g/mol. The van der Waals surface area contributed by atoms with Crippen molar-refractivity contribution in [3.63, 3.8) is 0 Å². The first-order chi connectivity index (χ1) is 9.47. The third-order valence-corrected chi connectivity index (χ3v) is 4.92. The van der Waals surface area contributed by atoms with Crippen LogP contribution in [0.2, 0.25) is 0 Å². The third kappa shape index (κ3) is 3.81. The molecule has 1 aliphatic rings. The highest BCUT2D eigenvalue weighted by molar-refractivity contribution is 7.99. The number of carboxylic acids is 1. The van der Waals surface area contributed by atoms with Crippen molar-refractivity contribution in [2.75, 3.05) is 18.1 Å². The Kier molecular flexibility index (Phi) is 6.65. The van der Waals surface area contributed by atoms with Crippen LogP contribution in [-0.4, -0.2) is 51.6 Å². The van der Waals surface area contributed by atoms with Crippen molar-refractivity contribution in [1.29, 1.82) is 0 Å². The number of nitrogens with one attached hydrogen (secondary N) is 1. The number of hydrogen-bond donors (Lipinski definition) is 2. The quantitative estimate of drug-likeness (QED) is 0.709. The monoisotopic (exact) mass is 302 g/mol. The maximum absolute atomic E-state index is 12.3. The SMILES string of the molecule is CCSCCC(C)NC(=O)N1CCCC1(CC)C(=O)O. The molecule has 0 bridgehead atoms. The van der Waals surface area contributed by atoms with Gasteiger partial charge in [-0.05, 0) is 44.1 Å². The lowest BCUT2D eigenvalue weighted by Crippen LogP contribution is -2.56. The van der Waals surface area contributed by atoms with Crippen LogP contribution in [0.3, 0.4) is 0 Å². The highest BCUT2D eigenvalue weighted by Crippen LogP contribution is 2.32. The maximum atomic E-state index is 12.3. The van der Waals surface area contributed by atoms with E-state index in [0.29, 0.717) is 19.4 Å². The van der Waals surface area contributed by atoms with E-state index in [9.17, 15) is 14.7 Å². The van der Waals surface area contributed by atoms with Crippen molar-refractivity contribution in [1.82, 2.24) is 10.2 Å². The average Bonchev–Trinajstić information content (AvgIpc) is 2.84. The number of urea groups is 1. The Morgan fingerprint density at radius 2 is 2.15 bits per heavy atom. The van der Waals surface area contributed by atoms with Crippen molar-refractivity contribution in [2.45, 2.75) is 58.0 Å². The lowest BCUT2D eigenvalue weighted by Gasteiger charge is -2.34. The summed E-state index contributed by atoms with van der Waals surface area (Å²) in [6.45, 7) is 6.45. The normalized spacial score (nSPS) is 23.6. The number of carboxylic acid groups (broad SMARTS) is 1. The van der Waals surface area contributed by atoms with Gasteiger partial charge in [-0.2, -0.15) is 11.8 Å². The molecular formula is C14H26N2O3S. The zero-order valence-electron chi connectivity index (χ0n) is 12.6. The summed E-state index contributed by atoms with van der Waals surface area (Å²) in [7, 11) is 0. The van der Waals surface area contributed by atoms with Crippen LogP contribution in [0.1, 0.15) is 46.5 Å². The predicted octanol–water partition coefficient (Wildman–Crippen LogP) is 2.56. The Morgan fingerprint density at radius 1 is 1.45 bits per heavy atom. The molecule has 1 heterocycles. The van der Waals surface area contributed by atoms with Gasteiger partial charge in [0.2, 0.25) is 0 Å². The van der Waals surface area contributed by atoms with Gasteiger partial charge in [0.1, 0.15) is 5.54 Å². The molecule has 2 amide bonds. The van der Waals surface area contributed by atoms with Gasteiger partial charge in [-0.3, -0.25) is 0 Å². The fourth-order valence-corrected chi connectivity index (χ4v) is 3.49. The number of aliphatic carboxylic acids is 1. The second kappa shape index (κ2) is 7.76. The van der Waals surface area contributed by atoms with E-state index in [4.69, 9.17) is 0 Å². The number of nitrogens with zero attached hydrogens (tertiary/aromatic N) is 1. The number of carbonyl (C=O) groups excluding carboxylic acids is 1. The molecule has 1 rings (SSSR count). The van der Waals surface area contributed by atoms with E-state index in [1.54, 1.807) is 0 Å². The van der Waals surface area contributed by atoms with Gasteiger partial charge >= 0.3 is 12.0 Å². The van der Waals surface area contributed by atoms with Gasteiger partial charge in [0.05, 0.1) is 0 Å². The van der Waals surface area contributed by atoms with Gasteiger partial charge in [-0.25, -0.2) is 9.59 Å². The topological polar surface area (TPSA) is 69.6 Å². The number of likely N-dealkylation sites (tertiary alicyclic amines) is 1. The summed E-state index contributed by atoms with van der Waals surface area (Å²) in [5, 5.41) is 12.4. The maximum Gasteiger partial charge on any atom is 0.329 e. The number of hydrogen-bond acceptors (Lipinski definition) is 3. The number of rotatable bonds is 7. The molecule has 2 N–H and O–H groups in total. The minimum atomic E-state index is -1.01. The van der Waals surface area contributed by atoms with Crippen molar-refractivity contribution in [3.8, 4) is 0 Å². The molecule has 1 aliphatic heterocycles. The lowest BCUT2D eigenvalue weighted by atomic mass is 9.93. The molecule has 0 aliphatic carbocycles. The zero-order valence-corrected chi connectivity index (χ0v) is 13.5. The fourth-order valence-electron chi connectivity index (χ4n) is 2.68. The van der Waals surface area contributed by atoms with Crippen molar-refractivity contribution in [2.24, 2.45) is 0 Å². The second-order valence-corrected chi connectivity index (χ2v) is 6.68. The molecule has 0 aromatic heterocycles. The zero-order chi connectivity index (χ0) is 15.2. The number of amides is 2. The van der Waals surface area contributed by atoms with E-state index in [1.807, 2.05) is 25.6 Å². The lowest BCUT2D eigenvalue weighted by molar-refractivity contribution is -0.148. The summed E-state index contributed by atoms with van der Waals surface area (Å²) >= 11 is 1.85. The molecule has 0 aromatic carbocycles. The molecule has 2 atom stereocenters. The van der Waals surface area contributed by atoms with Gasteiger partial charge in [-0.15, -0.1) is 0 Å². The molecule has 0 spiro atoms. The molecule has 6 heteroatoms. The van der Waals surface area contributed by atoms with Gasteiger partial charge in [-0.1, -0.05) is 13.8 Å². The van der Waals surface area contributed by atoms with Gasteiger partial charge < -0.3 is 15.3 Å². The summed E-state index contributed by atoms with van der Waals surface area (Å²) < 4.78 is 0. The molecule has 1 saturated heterocycles. The van der Waals surface area contributed by atoms with Crippen LogP contribution in [0.4, 0.5) is 4.79 Å². The summed E-state index contributed by atoms with van der Waals surface area (Å²) in [6, 6.07) is -0.161. The van der Waals surface area contributed by atoms with Gasteiger partial charge in [0, 0.05) is 12.6 Å². The predicted molar refractivity (Wildman–Crippen MR) is 82.2 cm³/mol. The van der Waals surface area contributed by atoms with E-state index in [-0.39, 0.29) is 12.1 Å². The Labute approximate surface area is 125 Å². The molecule has 116 valence electrons. The van der Waals surface area contributed by atoms with Crippen LogP contribution in [-0.2, 0) is 4.79 Å².